The maximum atomic E-state index is 13.1. The smallest absolute Gasteiger partial charge is 0.339 e. The van der Waals surface area contributed by atoms with Crippen LogP contribution >= 0.6 is 0 Å². The lowest BCUT2D eigenvalue weighted by molar-refractivity contribution is -0.237. The summed E-state index contributed by atoms with van der Waals surface area (Å²) >= 11 is 0. The molecule has 4 atom stereocenters. The Balaban J connectivity index is 2.22. The number of hydroxylamine groups is 2. The number of rotatable bonds is 3. The van der Waals surface area contributed by atoms with Gasteiger partial charge in [0.1, 0.15) is 0 Å². The van der Waals surface area contributed by atoms with Gasteiger partial charge in [0.05, 0.1) is 5.41 Å². The topological polar surface area (TPSA) is 66.8 Å². The van der Waals surface area contributed by atoms with Gasteiger partial charge < -0.3 is 9.94 Å². The summed E-state index contributed by atoms with van der Waals surface area (Å²) in [6, 6.07) is 0. The van der Waals surface area contributed by atoms with E-state index < -0.39 is 17.6 Å². The van der Waals surface area contributed by atoms with Gasteiger partial charge in [-0.15, -0.1) is 5.06 Å². The fourth-order valence-corrected chi connectivity index (χ4v) is 4.28. The summed E-state index contributed by atoms with van der Waals surface area (Å²) in [7, 11) is 0. The third-order valence-electron chi connectivity index (χ3n) is 6.15. The molecule has 1 saturated carbocycles. The van der Waals surface area contributed by atoms with Crippen LogP contribution in [-0.2, 0) is 14.4 Å². The Morgan fingerprint density at radius 2 is 1.68 bits per heavy atom. The van der Waals surface area contributed by atoms with Crippen molar-refractivity contribution in [1.29, 1.82) is 0 Å². The third-order valence-corrected chi connectivity index (χ3v) is 6.15. The van der Waals surface area contributed by atoms with E-state index in [0.717, 1.165) is 30.7 Å². The van der Waals surface area contributed by atoms with Gasteiger partial charge in [-0.2, -0.15) is 0 Å². The normalized spacial score (nSPS) is 30.0. The number of carbonyl (C=O) groups is 2. The molecule has 5 heteroatoms. The molecular formula is C20H35NO4. The zero-order chi connectivity index (χ0) is 19.2. The van der Waals surface area contributed by atoms with Crippen molar-refractivity contribution in [1.82, 2.24) is 5.06 Å². The van der Waals surface area contributed by atoms with Gasteiger partial charge in [-0.3, -0.25) is 4.79 Å². The van der Waals surface area contributed by atoms with Crippen molar-refractivity contribution in [2.75, 3.05) is 0 Å². The Morgan fingerprint density at radius 3 is 2.16 bits per heavy atom. The standard InChI is InChI=1S/C20H35NO4/c1-18(2,3)12-20(7,19(4,5)6)17(24)25-21-15(22)13-10-8-9-11-14(13)16(21)23/h13-15,22H,8-12H2,1-7H3. The number of aliphatic hydroxyl groups is 1. The van der Waals surface area contributed by atoms with Crippen LogP contribution in [0.5, 0.6) is 0 Å². The van der Waals surface area contributed by atoms with Gasteiger partial charge in [-0.05, 0) is 37.0 Å². The highest BCUT2D eigenvalue weighted by Gasteiger charge is 2.54. The van der Waals surface area contributed by atoms with E-state index in [4.69, 9.17) is 4.84 Å². The second-order valence-electron chi connectivity index (χ2n) is 10.3. The second-order valence-corrected chi connectivity index (χ2v) is 10.3. The number of hydrogen-bond acceptors (Lipinski definition) is 4. The van der Waals surface area contributed by atoms with Gasteiger partial charge in [0, 0.05) is 11.8 Å². The molecule has 144 valence electrons. The summed E-state index contributed by atoms with van der Waals surface area (Å²) in [6.07, 6.45) is 3.20. The number of nitrogens with zero attached hydrogens (tertiary/aromatic N) is 1. The van der Waals surface area contributed by atoms with Crippen molar-refractivity contribution in [3.8, 4) is 0 Å². The molecule has 0 spiro atoms. The van der Waals surface area contributed by atoms with E-state index in [9.17, 15) is 14.7 Å². The van der Waals surface area contributed by atoms with E-state index in [-0.39, 0.29) is 28.6 Å². The number of hydrogen-bond donors (Lipinski definition) is 1. The molecule has 0 aromatic rings. The average molecular weight is 354 g/mol. The molecule has 1 heterocycles. The lowest BCUT2D eigenvalue weighted by atomic mass is 9.61. The molecule has 1 aliphatic heterocycles. The summed E-state index contributed by atoms with van der Waals surface area (Å²) in [6.45, 7) is 14.2. The van der Waals surface area contributed by atoms with E-state index in [1.807, 2.05) is 27.7 Å². The van der Waals surface area contributed by atoms with Crippen molar-refractivity contribution in [2.24, 2.45) is 28.1 Å². The minimum Gasteiger partial charge on any atom is -0.370 e. The Kier molecular flexibility index (Phi) is 5.31. The monoisotopic (exact) mass is 353 g/mol. The quantitative estimate of drug-likeness (QED) is 0.835. The van der Waals surface area contributed by atoms with Gasteiger partial charge >= 0.3 is 5.97 Å². The molecule has 0 aromatic carbocycles. The Labute approximate surface area is 152 Å². The molecule has 25 heavy (non-hydrogen) atoms. The van der Waals surface area contributed by atoms with Crippen LogP contribution in [0.25, 0.3) is 0 Å². The molecule has 2 fully saturated rings. The number of carbonyl (C=O) groups excluding carboxylic acids is 2. The first-order valence-corrected chi connectivity index (χ1v) is 9.51. The molecule has 0 bridgehead atoms. The first-order valence-electron chi connectivity index (χ1n) is 9.51. The van der Waals surface area contributed by atoms with Crippen molar-refractivity contribution < 1.29 is 19.5 Å². The highest BCUT2D eigenvalue weighted by molar-refractivity contribution is 5.84. The fourth-order valence-electron chi connectivity index (χ4n) is 4.28. The Bertz CT molecular complexity index is 531. The van der Waals surface area contributed by atoms with Crippen molar-refractivity contribution in [2.45, 2.75) is 86.8 Å². The fraction of sp³-hybridized carbons (Fsp3) is 0.900. The molecule has 1 aliphatic carbocycles. The molecule has 2 aliphatic rings. The minimum absolute atomic E-state index is 0.0668. The molecular weight excluding hydrogens is 318 g/mol. The van der Waals surface area contributed by atoms with Gasteiger partial charge in [0.25, 0.3) is 5.91 Å². The van der Waals surface area contributed by atoms with Crippen molar-refractivity contribution in [3.63, 3.8) is 0 Å². The van der Waals surface area contributed by atoms with Crippen LogP contribution in [0.1, 0.15) is 80.6 Å². The lowest BCUT2D eigenvalue weighted by Gasteiger charge is -2.43. The first kappa shape index (κ1) is 20.2. The van der Waals surface area contributed by atoms with Crippen LogP contribution in [-0.4, -0.2) is 28.3 Å². The zero-order valence-corrected chi connectivity index (χ0v) is 16.9. The Morgan fingerprint density at radius 1 is 1.12 bits per heavy atom. The van der Waals surface area contributed by atoms with Crippen LogP contribution in [0, 0.1) is 28.1 Å². The molecule has 1 amide bonds. The van der Waals surface area contributed by atoms with Crippen molar-refractivity contribution >= 4 is 11.9 Å². The molecule has 2 rings (SSSR count). The summed E-state index contributed by atoms with van der Waals surface area (Å²) in [5, 5.41) is 11.5. The summed E-state index contributed by atoms with van der Waals surface area (Å²) in [5.74, 6) is -0.990. The van der Waals surface area contributed by atoms with Crippen LogP contribution in [0.2, 0.25) is 0 Å². The van der Waals surface area contributed by atoms with E-state index >= 15 is 0 Å². The van der Waals surface area contributed by atoms with E-state index in [0.29, 0.717) is 6.42 Å². The minimum atomic E-state index is -1.01. The molecule has 4 unspecified atom stereocenters. The Hall–Kier alpha value is -1.10. The molecule has 1 saturated heterocycles. The number of fused-ring (bicyclic) bond motifs is 1. The highest BCUT2D eigenvalue weighted by Crippen LogP contribution is 2.48. The summed E-state index contributed by atoms with van der Waals surface area (Å²) < 4.78 is 0. The molecule has 0 aromatic heterocycles. The van der Waals surface area contributed by atoms with Crippen LogP contribution in [0.4, 0.5) is 0 Å². The highest BCUT2D eigenvalue weighted by atomic mass is 16.7. The van der Waals surface area contributed by atoms with Crippen LogP contribution < -0.4 is 0 Å². The molecule has 1 N–H and O–H groups in total. The summed E-state index contributed by atoms with van der Waals surface area (Å²) in [4.78, 5) is 31.3. The van der Waals surface area contributed by atoms with Gasteiger partial charge in [-0.25, -0.2) is 4.79 Å². The number of aliphatic hydroxyl groups excluding tert-OH is 1. The SMILES string of the molecule is CC(C)(C)CC(C)(C(=O)ON1C(=O)C2CCCCC2C1O)C(C)(C)C. The lowest BCUT2D eigenvalue weighted by Crippen LogP contribution is -2.48. The predicted octanol–water partition coefficient (Wildman–Crippen LogP) is 3.90. The van der Waals surface area contributed by atoms with Crippen LogP contribution in [0.3, 0.4) is 0 Å². The number of amides is 1. The van der Waals surface area contributed by atoms with Crippen LogP contribution in [0.15, 0.2) is 0 Å². The van der Waals surface area contributed by atoms with Crippen molar-refractivity contribution in [3.05, 3.63) is 0 Å². The van der Waals surface area contributed by atoms with Gasteiger partial charge in [-0.1, -0.05) is 54.4 Å². The second kappa shape index (κ2) is 6.57. The molecule has 5 nitrogen and oxygen atoms in total. The van der Waals surface area contributed by atoms with Gasteiger partial charge in [0.2, 0.25) is 0 Å². The van der Waals surface area contributed by atoms with E-state index in [1.54, 1.807) is 0 Å². The first-order chi connectivity index (χ1) is 11.3. The third kappa shape index (κ3) is 3.86. The van der Waals surface area contributed by atoms with E-state index in [2.05, 4.69) is 20.8 Å². The molecule has 0 radical (unpaired) electrons. The largest absolute Gasteiger partial charge is 0.370 e. The summed E-state index contributed by atoms with van der Waals surface area (Å²) in [5.41, 5.74) is -1.17. The maximum absolute atomic E-state index is 13.1. The average Bonchev–Trinajstić information content (AvgIpc) is 2.70. The zero-order valence-electron chi connectivity index (χ0n) is 16.9. The maximum Gasteiger partial charge on any atom is 0.339 e. The predicted molar refractivity (Wildman–Crippen MR) is 96.0 cm³/mol. The van der Waals surface area contributed by atoms with E-state index in [1.165, 1.54) is 0 Å². The van der Waals surface area contributed by atoms with Gasteiger partial charge in [0.15, 0.2) is 6.23 Å².